The Morgan fingerprint density at radius 3 is 2.20 bits per heavy atom. The van der Waals surface area contributed by atoms with Crippen LogP contribution >= 0.6 is 11.3 Å². The largest absolute Gasteiger partial charge is 0.355 e. The topological polar surface area (TPSA) is 75.4 Å². The van der Waals surface area contributed by atoms with Crippen molar-refractivity contribution >= 4 is 23.3 Å². The quantitative estimate of drug-likeness (QED) is 0.490. The molecule has 148 valence electrons. The van der Waals surface area contributed by atoms with Gasteiger partial charge in [0.15, 0.2) is 11.3 Å². The highest BCUT2D eigenvalue weighted by Gasteiger charge is 2.53. The normalized spacial score (nSPS) is 15.4. The van der Waals surface area contributed by atoms with Gasteiger partial charge in [0.25, 0.3) is 5.91 Å². The van der Waals surface area contributed by atoms with Gasteiger partial charge in [-0.05, 0) is 22.6 Å². The molecule has 2 aromatic heterocycles. The third-order valence-corrected chi connectivity index (χ3v) is 6.05. The van der Waals surface area contributed by atoms with Crippen molar-refractivity contribution < 1.29 is 14.1 Å². The van der Waals surface area contributed by atoms with E-state index in [0.717, 1.165) is 4.88 Å². The van der Waals surface area contributed by atoms with Gasteiger partial charge in [-0.3, -0.25) is 9.69 Å². The van der Waals surface area contributed by atoms with Gasteiger partial charge in [0, 0.05) is 6.07 Å². The number of carbonyl (C=O) groups is 2. The zero-order chi connectivity index (χ0) is 20.6. The summed E-state index contributed by atoms with van der Waals surface area (Å²) in [4.78, 5) is 28.7. The first-order chi connectivity index (χ1) is 14.7. The second-order valence-corrected chi connectivity index (χ2v) is 7.91. The average molecular weight is 415 g/mol. The number of thiophene rings is 1. The summed E-state index contributed by atoms with van der Waals surface area (Å²) in [6.45, 7) is 0.0287. The third kappa shape index (κ3) is 2.91. The molecule has 0 unspecified atom stereocenters. The van der Waals surface area contributed by atoms with Crippen LogP contribution in [-0.2, 0) is 16.9 Å². The second-order valence-electron chi connectivity index (χ2n) is 6.96. The Morgan fingerprint density at radius 1 is 0.933 bits per heavy atom. The Bertz CT molecular complexity index is 1150. The Labute approximate surface area is 176 Å². The van der Waals surface area contributed by atoms with Crippen LogP contribution in [0.2, 0.25) is 0 Å². The molecule has 1 N–H and O–H groups in total. The number of hydrogen-bond donors (Lipinski definition) is 1. The fourth-order valence-corrected chi connectivity index (χ4v) is 4.41. The van der Waals surface area contributed by atoms with Crippen LogP contribution in [0.15, 0.2) is 88.8 Å². The van der Waals surface area contributed by atoms with E-state index in [-0.39, 0.29) is 12.5 Å². The molecule has 5 rings (SSSR count). The number of rotatable bonds is 5. The molecule has 4 aromatic rings. The summed E-state index contributed by atoms with van der Waals surface area (Å²) in [5.41, 5.74) is 0.645. The Kier molecular flexibility index (Phi) is 4.44. The van der Waals surface area contributed by atoms with Crippen molar-refractivity contribution in [3.8, 4) is 10.6 Å². The molecule has 0 radical (unpaired) electrons. The summed E-state index contributed by atoms with van der Waals surface area (Å²) in [5.74, 6) is 0.273. The zero-order valence-corrected chi connectivity index (χ0v) is 16.6. The van der Waals surface area contributed by atoms with Crippen molar-refractivity contribution in [1.82, 2.24) is 15.4 Å². The smallest absolute Gasteiger partial charge is 0.325 e. The molecule has 3 heterocycles. The summed E-state index contributed by atoms with van der Waals surface area (Å²) < 4.78 is 5.40. The van der Waals surface area contributed by atoms with Gasteiger partial charge in [-0.2, -0.15) is 0 Å². The summed E-state index contributed by atoms with van der Waals surface area (Å²) in [7, 11) is 0. The number of benzene rings is 2. The molecule has 0 aliphatic carbocycles. The Balaban J connectivity index is 1.51. The minimum absolute atomic E-state index is 0.0287. The standard InChI is InChI=1S/C23H17N3O3S/c27-21-23(16-8-3-1-4-9-16,17-10-5-2-6-11-17)24-22(28)26(21)15-18-14-19(29-25-18)20-12-7-13-30-20/h1-14H,15H2,(H,24,28). The van der Waals surface area contributed by atoms with Crippen LogP contribution in [0.5, 0.6) is 0 Å². The maximum absolute atomic E-state index is 13.7. The van der Waals surface area contributed by atoms with E-state index in [1.165, 1.54) is 16.2 Å². The third-order valence-electron chi connectivity index (χ3n) is 5.16. The fourth-order valence-electron chi connectivity index (χ4n) is 3.74. The molecule has 0 bridgehead atoms. The number of hydrogen-bond acceptors (Lipinski definition) is 5. The minimum atomic E-state index is -1.28. The van der Waals surface area contributed by atoms with E-state index in [1.54, 1.807) is 6.07 Å². The second kappa shape index (κ2) is 7.27. The van der Waals surface area contributed by atoms with Gasteiger partial charge in [0.05, 0.1) is 11.4 Å². The van der Waals surface area contributed by atoms with Crippen LogP contribution < -0.4 is 5.32 Å². The molecule has 3 amide bonds. The van der Waals surface area contributed by atoms with Crippen molar-refractivity contribution in [2.75, 3.05) is 0 Å². The highest BCUT2D eigenvalue weighted by molar-refractivity contribution is 7.13. The molecule has 0 spiro atoms. The molecule has 0 atom stereocenters. The van der Waals surface area contributed by atoms with E-state index in [9.17, 15) is 9.59 Å². The highest BCUT2D eigenvalue weighted by atomic mass is 32.1. The monoisotopic (exact) mass is 415 g/mol. The number of urea groups is 1. The maximum Gasteiger partial charge on any atom is 0.325 e. The predicted molar refractivity (Wildman–Crippen MR) is 113 cm³/mol. The van der Waals surface area contributed by atoms with Gasteiger partial charge in [0.1, 0.15) is 5.69 Å². The van der Waals surface area contributed by atoms with E-state index >= 15 is 0 Å². The SMILES string of the molecule is O=C1NC(c2ccccc2)(c2ccccc2)C(=O)N1Cc1cc(-c2cccs2)on1. The molecule has 1 aliphatic rings. The molecule has 1 fully saturated rings. The molecule has 0 saturated carbocycles. The highest BCUT2D eigenvalue weighted by Crippen LogP contribution is 2.36. The van der Waals surface area contributed by atoms with Crippen LogP contribution in [-0.4, -0.2) is 22.0 Å². The van der Waals surface area contributed by atoms with Gasteiger partial charge >= 0.3 is 6.03 Å². The first kappa shape index (κ1) is 18.3. The summed E-state index contributed by atoms with van der Waals surface area (Å²) in [6, 6.07) is 23.7. The molecular weight excluding hydrogens is 398 g/mol. The summed E-state index contributed by atoms with van der Waals surface area (Å²) >= 11 is 1.53. The van der Waals surface area contributed by atoms with E-state index in [4.69, 9.17) is 4.52 Å². The van der Waals surface area contributed by atoms with Crippen LogP contribution in [0.25, 0.3) is 10.6 Å². The zero-order valence-electron chi connectivity index (χ0n) is 15.8. The Hall–Kier alpha value is -3.71. The van der Waals surface area contributed by atoms with Crippen molar-refractivity contribution in [1.29, 1.82) is 0 Å². The van der Waals surface area contributed by atoms with Gasteiger partial charge in [-0.15, -0.1) is 11.3 Å². The van der Waals surface area contributed by atoms with Crippen LogP contribution in [0.3, 0.4) is 0 Å². The van der Waals surface area contributed by atoms with Gasteiger partial charge < -0.3 is 9.84 Å². The van der Waals surface area contributed by atoms with Crippen LogP contribution in [0, 0.1) is 0 Å². The molecule has 2 aromatic carbocycles. The van der Waals surface area contributed by atoms with E-state index in [2.05, 4.69) is 10.5 Å². The lowest BCUT2D eigenvalue weighted by molar-refractivity contribution is -0.130. The van der Waals surface area contributed by atoms with E-state index in [0.29, 0.717) is 22.6 Å². The van der Waals surface area contributed by atoms with Crippen molar-refractivity contribution in [3.05, 3.63) is 101 Å². The molecule has 1 aliphatic heterocycles. The number of aromatic nitrogens is 1. The summed E-state index contributed by atoms with van der Waals surface area (Å²) in [6.07, 6.45) is 0. The van der Waals surface area contributed by atoms with E-state index < -0.39 is 11.6 Å². The Morgan fingerprint density at radius 2 is 1.60 bits per heavy atom. The molecule has 1 saturated heterocycles. The lowest BCUT2D eigenvalue weighted by Gasteiger charge is -2.27. The lowest BCUT2D eigenvalue weighted by atomic mass is 9.82. The minimum Gasteiger partial charge on any atom is -0.355 e. The molecule has 30 heavy (non-hydrogen) atoms. The molecule has 7 heteroatoms. The predicted octanol–water partition coefficient (Wildman–Crippen LogP) is 4.40. The fraction of sp³-hybridized carbons (Fsp3) is 0.0870. The number of amides is 3. The molecule has 6 nitrogen and oxygen atoms in total. The number of carbonyl (C=O) groups excluding carboxylic acids is 2. The van der Waals surface area contributed by atoms with Crippen molar-refractivity contribution in [2.45, 2.75) is 12.1 Å². The van der Waals surface area contributed by atoms with Crippen LogP contribution in [0.1, 0.15) is 16.8 Å². The van der Waals surface area contributed by atoms with Crippen molar-refractivity contribution in [2.24, 2.45) is 0 Å². The van der Waals surface area contributed by atoms with Gasteiger partial charge in [0.2, 0.25) is 0 Å². The number of nitrogens with zero attached hydrogens (tertiary/aromatic N) is 2. The van der Waals surface area contributed by atoms with Crippen molar-refractivity contribution in [3.63, 3.8) is 0 Å². The van der Waals surface area contributed by atoms with Crippen LogP contribution in [0.4, 0.5) is 4.79 Å². The van der Waals surface area contributed by atoms with E-state index in [1.807, 2.05) is 78.2 Å². The first-order valence-corrected chi connectivity index (χ1v) is 10.3. The van der Waals surface area contributed by atoms with Gasteiger partial charge in [-0.1, -0.05) is 71.9 Å². The lowest BCUT2D eigenvalue weighted by Crippen LogP contribution is -2.45. The average Bonchev–Trinajstić information content (AvgIpc) is 3.52. The summed E-state index contributed by atoms with van der Waals surface area (Å²) in [5, 5.41) is 8.94. The number of imide groups is 1. The number of nitrogens with one attached hydrogen (secondary N) is 1. The molecular formula is C23H17N3O3S. The maximum atomic E-state index is 13.7. The first-order valence-electron chi connectivity index (χ1n) is 9.43. The van der Waals surface area contributed by atoms with Gasteiger partial charge in [-0.25, -0.2) is 4.79 Å².